The van der Waals surface area contributed by atoms with Crippen LogP contribution in [-0.4, -0.2) is 27.0 Å². The van der Waals surface area contributed by atoms with Gasteiger partial charge >= 0.3 is 5.69 Å². The van der Waals surface area contributed by atoms with E-state index in [9.17, 15) is 4.79 Å². The summed E-state index contributed by atoms with van der Waals surface area (Å²) >= 11 is 0. The highest BCUT2D eigenvalue weighted by atomic mass is 16.5. The molecular weight excluding hydrogens is 310 g/mol. The summed E-state index contributed by atoms with van der Waals surface area (Å²) in [4.78, 5) is 14.8. The van der Waals surface area contributed by atoms with Crippen LogP contribution in [0.15, 0.2) is 33.6 Å². The molecule has 0 atom stereocenters. The van der Waals surface area contributed by atoms with Crippen molar-refractivity contribution in [1.29, 1.82) is 0 Å². The number of hydrogen-bond acceptors (Lipinski definition) is 6. The lowest BCUT2D eigenvalue weighted by molar-refractivity contribution is 0.391. The number of H-pyrrole nitrogens is 1. The van der Waals surface area contributed by atoms with E-state index in [4.69, 9.17) is 9.26 Å². The Morgan fingerprint density at radius 3 is 2.67 bits per heavy atom. The summed E-state index contributed by atoms with van der Waals surface area (Å²) in [5.41, 5.74) is 2.29. The van der Waals surface area contributed by atoms with Gasteiger partial charge in [0.2, 0.25) is 0 Å². The SMILES string of the molecule is COc1ccc(NCc2nn(Cc3c(C)noc3C)c(=O)[nH]2)cc1. The van der Waals surface area contributed by atoms with E-state index in [0.717, 1.165) is 22.7 Å². The number of nitrogens with one attached hydrogen (secondary N) is 2. The number of aromatic amines is 1. The van der Waals surface area contributed by atoms with Crippen molar-refractivity contribution in [1.82, 2.24) is 19.9 Å². The van der Waals surface area contributed by atoms with Gasteiger partial charge in [0.15, 0.2) is 0 Å². The lowest BCUT2D eigenvalue weighted by Gasteiger charge is -2.05. The average Bonchev–Trinajstić information content (AvgIpc) is 3.10. The molecule has 0 spiro atoms. The van der Waals surface area contributed by atoms with E-state index in [1.54, 1.807) is 7.11 Å². The van der Waals surface area contributed by atoms with Crippen LogP contribution in [0.3, 0.4) is 0 Å². The molecule has 0 aliphatic carbocycles. The highest BCUT2D eigenvalue weighted by Crippen LogP contribution is 2.15. The first-order chi connectivity index (χ1) is 11.6. The number of anilines is 1. The summed E-state index contributed by atoms with van der Waals surface area (Å²) in [7, 11) is 1.62. The largest absolute Gasteiger partial charge is 0.497 e. The molecule has 126 valence electrons. The fraction of sp³-hybridized carbons (Fsp3) is 0.312. The summed E-state index contributed by atoms with van der Waals surface area (Å²) in [5, 5.41) is 11.4. The van der Waals surface area contributed by atoms with Crippen LogP contribution in [0.2, 0.25) is 0 Å². The van der Waals surface area contributed by atoms with Crippen LogP contribution in [0.1, 0.15) is 22.8 Å². The molecule has 8 heteroatoms. The normalized spacial score (nSPS) is 10.8. The maximum absolute atomic E-state index is 12.0. The molecule has 0 amide bonds. The van der Waals surface area contributed by atoms with Gasteiger partial charge in [-0.15, -0.1) is 0 Å². The lowest BCUT2D eigenvalue weighted by Crippen LogP contribution is -2.19. The smallest absolute Gasteiger partial charge is 0.343 e. The predicted molar refractivity (Wildman–Crippen MR) is 88.2 cm³/mol. The Balaban J connectivity index is 1.68. The molecule has 0 radical (unpaired) electrons. The predicted octanol–water partition coefficient (Wildman–Crippen LogP) is 1.85. The van der Waals surface area contributed by atoms with Gasteiger partial charge in [-0.05, 0) is 38.1 Å². The van der Waals surface area contributed by atoms with Crippen LogP contribution in [0.4, 0.5) is 5.69 Å². The van der Waals surface area contributed by atoms with Gasteiger partial charge in [-0.3, -0.25) is 4.98 Å². The van der Waals surface area contributed by atoms with E-state index in [2.05, 4.69) is 20.6 Å². The van der Waals surface area contributed by atoms with Crippen molar-refractivity contribution in [3.05, 3.63) is 57.6 Å². The Labute approximate surface area is 138 Å². The average molecular weight is 329 g/mol. The second kappa shape index (κ2) is 6.61. The molecule has 0 bridgehead atoms. The molecular formula is C16H19N5O3. The molecule has 2 aromatic heterocycles. The first kappa shape index (κ1) is 15.9. The number of ether oxygens (including phenoxy) is 1. The van der Waals surface area contributed by atoms with Gasteiger partial charge < -0.3 is 14.6 Å². The van der Waals surface area contributed by atoms with E-state index >= 15 is 0 Å². The second-order valence-corrected chi connectivity index (χ2v) is 5.42. The van der Waals surface area contributed by atoms with Crippen molar-refractivity contribution in [2.24, 2.45) is 0 Å². The monoisotopic (exact) mass is 329 g/mol. The quantitative estimate of drug-likeness (QED) is 0.716. The molecule has 0 fully saturated rings. The van der Waals surface area contributed by atoms with Crippen molar-refractivity contribution >= 4 is 5.69 Å². The molecule has 0 saturated carbocycles. The van der Waals surface area contributed by atoms with Gasteiger partial charge in [-0.25, -0.2) is 9.48 Å². The minimum absolute atomic E-state index is 0.262. The molecule has 2 heterocycles. The number of aromatic nitrogens is 4. The summed E-state index contributed by atoms with van der Waals surface area (Å²) in [6.07, 6.45) is 0. The van der Waals surface area contributed by atoms with Crippen LogP contribution >= 0.6 is 0 Å². The highest BCUT2D eigenvalue weighted by molar-refractivity contribution is 5.46. The number of aryl methyl sites for hydroxylation is 2. The number of methoxy groups -OCH3 is 1. The standard InChI is InChI=1S/C16H19N5O3/c1-10-14(11(2)24-20-10)9-21-16(22)18-15(19-21)8-17-12-4-6-13(23-3)7-5-12/h4-7,17H,8-9H2,1-3H3,(H,18,19,22). The first-order valence-electron chi connectivity index (χ1n) is 7.52. The summed E-state index contributed by atoms with van der Waals surface area (Å²) in [5.74, 6) is 2.04. The fourth-order valence-electron chi connectivity index (χ4n) is 2.36. The van der Waals surface area contributed by atoms with Gasteiger partial charge in [-0.2, -0.15) is 5.10 Å². The molecule has 0 saturated heterocycles. The minimum Gasteiger partial charge on any atom is -0.497 e. The van der Waals surface area contributed by atoms with Crippen molar-refractivity contribution in [2.45, 2.75) is 26.9 Å². The van der Waals surface area contributed by atoms with Gasteiger partial charge in [0.25, 0.3) is 0 Å². The van der Waals surface area contributed by atoms with Crippen LogP contribution in [0, 0.1) is 13.8 Å². The molecule has 8 nitrogen and oxygen atoms in total. The van der Waals surface area contributed by atoms with E-state index in [1.165, 1.54) is 4.68 Å². The Morgan fingerprint density at radius 2 is 2.04 bits per heavy atom. The third-order valence-electron chi connectivity index (χ3n) is 3.77. The number of nitrogens with zero attached hydrogens (tertiary/aromatic N) is 3. The second-order valence-electron chi connectivity index (χ2n) is 5.42. The third-order valence-corrected chi connectivity index (χ3v) is 3.77. The van der Waals surface area contributed by atoms with Crippen LogP contribution in [0.25, 0.3) is 0 Å². The van der Waals surface area contributed by atoms with Gasteiger partial charge in [0, 0.05) is 11.3 Å². The van der Waals surface area contributed by atoms with Gasteiger partial charge in [0.05, 0.1) is 25.9 Å². The topological polar surface area (TPSA) is 98.0 Å². The molecule has 0 unspecified atom stereocenters. The number of benzene rings is 1. The molecule has 0 aliphatic rings. The molecule has 2 N–H and O–H groups in total. The van der Waals surface area contributed by atoms with Crippen LogP contribution < -0.4 is 15.7 Å². The molecule has 1 aromatic carbocycles. The van der Waals surface area contributed by atoms with Crippen LogP contribution in [-0.2, 0) is 13.1 Å². The van der Waals surface area contributed by atoms with Crippen molar-refractivity contribution < 1.29 is 9.26 Å². The Kier molecular flexibility index (Phi) is 4.37. The molecule has 3 aromatic rings. The zero-order valence-corrected chi connectivity index (χ0v) is 13.8. The Morgan fingerprint density at radius 1 is 1.29 bits per heavy atom. The summed E-state index contributed by atoms with van der Waals surface area (Å²) in [6.45, 7) is 4.41. The first-order valence-corrected chi connectivity index (χ1v) is 7.52. The van der Waals surface area contributed by atoms with E-state index in [-0.39, 0.29) is 5.69 Å². The zero-order valence-electron chi connectivity index (χ0n) is 13.8. The molecule has 0 aliphatic heterocycles. The number of rotatable bonds is 6. The van der Waals surface area contributed by atoms with E-state index in [1.807, 2.05) is 38.1 Å². The van der Waals surface area contributed by atoms with Crippen molar-refractivity contribution in [3.8, 4) is 5.75 Å². The zero-order chi connectivity index (χ0) is 17.1. The maximum atomic E-state index is 12.0. The Hall–Kier alpha value is -3.03. The van der Waals surface area contributed by atoms with Crippen molar-refractivity contribution in [3.63, 3.8) is 0 Å². The van der Waals surface area contributed by atoms with Crippen LogP contribution in [0.5, 0.6) is 5.75 Å². The molecule has 3 rings (SSSR count). The summed E-state index contributed by atoms with van der Waals surface area (Å²) in [6, 6.07) is 7.53. The molecule has 24 heavy (non-hydrogen) atoms. The van der Waals surface area contributed by atoms with Gasteiger partial charge in [-0.1, -0.05) is 5.16 Å². The van der Waals surface area contributed by atoms with E-state index in [0.29, 0.717) is 24.7 Å². The Bertz CT molecular complexity index is 857. The number of hydrogen-bond donors (Lipinski definition) is 2. The minimum atomic E-state index is -0.262. The third kappa shape index (κ3) is 3.32. The summed E-state index contributed by atoms with van der Waals surface area (Å²) < 4.78 is 11.6. The van der Waals surface area contributed by atoms with Gasteiger partial charge in [0.1, 0.15) is 17.3 Å². The fourth-order valence-corrected chi connectivity index (χ4v) is 2.36. The maximum Gasteiger partial charge on any atom is 0.343 e. The highest BCUT2D eigenvalue weighted by Gasteiger charge is 2.13. The lowest BCUT2D eigenvalue weighted by atomic mass is 10.2. The van der Waals surface area contributed by atoms with Crippen molar-refractivity contribution in [2.75, 3.05) is 12.4 Å². The van der Waals surface area contributed by atoms with E-state index < -0.39 is 0 Å².